The van der Waals surface area contributed by atoms with Gasteiger partial charge in [-0.2, -0.15) is 13.2 Å². The molecule has 1 aliphatic heterocycles. The van der Waals surface area contributed by atoms with Crippen LogP contribution in [-0.2, 0) is 22.4 Å². The highest BCUT2D eigenvalue weighted by atomic mass is 35.5. The van der Waals surface area contributed by atoms with Gasteiger partial charge in [-0.1, -0.05) is 53.5 Å². The largest absolute Gasteiger partial charge is 0.495 e. The molecule has 3 aromatic carbocycles. The second-order valence-corrected chi connectivity index (χ2v) is 10.1. The van der Waals surface area contributed by atoms with Crippen LogP contribution in [0.5, 0.6) is 11.5 Å². The van der Waals surface area contributed by atoms with Gasteiger partial charge in [0.1, 0.15) is 18.9 Å². The Hall–Kier alpha value is -3.67. The van der Waals surface area contributed by atoms with Crippen molar-refractivity contribution >= 4 is 63.8 Å². The van der Waals surface area contributed by atoms with Crippen LogP contribution in [0.4, 0.5) is 23.7 Å². The van der Waals surface area contributed by atoms with Crippen LogP contribution in [0.2, 0.25) is 10.0 Å². The Morgan fingerprint density at radius 1 is 1.05 bits per heavy atom. The molecule has 1 fully saturated rings. The molecule has 13 heteroatoms. The maximum atomic E-state index is 13.1. The first-order chi connectivity index (χ1) is 19.0. The lowest BCUT2D eigenvalue weighted by atomic mass is 10.1. The Balaban J connectivity index is 1.46. The topological polar surface area (TPSA) is 84.9 Å². The van der Waals surface area contributed by atoms with E-state index in [1.165, 1.54) is 25.3 Å². The lowest BCUT2D eigenvalue weighted by molar-refractivity contribution is -0.137. The maximum Gasteiger partial charge on any atom is 0.416 e. The molecule has 208 valence electrons. The van der Waals surface area contributed by atoms with Crippen molar-refractivity contribution < 1.29 is 37.0 Å². The average Bonchev–Trinajstić information content (AvgIpc) is 3.15. The molecule has 7 nitrogen and oxygen atoms in total. The van der Waals surface area contributed by atoms with Crippen LogP contribution in [0.25, 0.3) is 6.08 Å². The molecule has 1 heterocycles. The molecular formula is C27H19Cl2F3N2O5S. The number of benzene rings is 3. The van der Waals surface area contributed by atoms with E-state index in [1.54, 1.807) is 0 Å². The summed E-state index contributed by atoms with van der Waals surface area (Å²) in [5.74, 6) is -1.44. The highest BCUT2D eigenvalue weighted by Gasteiger charge is 2.37. The molecule has 0 aromatic heterocycles. The molecule has 0 spiro atoms. The number of amides is 3. The summed E-state index contributed by atoms with van der Waals surface area (Å²) in [6.07, 6.45) is -3.27. The number of nitrogens with one attached hydrogen (secondary N) is 1. The zero-order chi connectivity index (χ0) is 29.0. The molecule has 3 amide bonds. The van der Waals surface area contributed by atoms with Crippen molar-refractivity contribution in [1.29, 1.82) is 0 Å². The quantitative estimate of drug-likeness (QED) is 0.270. The van der Waals surface area contributed by atoms with Crippen molar-refractivity contribution in [3.63, 3.8) is 0 Å². The second kappa shape index (κ2) is 12.2. The normalized spacial score (nSPS) is 14.6. The van der Waals surface area contributed by atoms with E-state index in [0.717, 1.165) is 17.7 Å². The third-order valence-corrected chi connectivity index (χ3v) is 6.99. The van der Waals surface area contributed by atoms with Crippen molar-refractivity contribution in [2.45, 2.75) is 12.8 Å². The lowest BCUT2D eigenvalue weighted by Gasteiger charge is -2.16. The number of carbonyl (C=O) groups excluding carboxylic acids is 3. The Labute approximate surface area is 240 Å². The molecule has 0 bridgehead atoms. The third-order valence-electron chi connectivity index (χ3n) is 5.52. The summed E-state index contributed by atoms with van der Waals surface area (Å²) in [4.78, 5) is 38.6. The standard InChI is InChI=1S/C27H19Cl2F3N2O5S/c1-38-21-8-7-17(27(30,31)32)12-20(21)33-23(35)13-34-25(36)22(40-26(34)37)11-16-9-18(28)24(19(29)10-16)39-14-15-5-3-2-4-6-15/h2-12H,13-14H2,1H3,(H,33,35)/b22-11-. The minimum absolute atomic E-state index is 0.000429. The van der Waals surface area contributed by atoms with Gasteiger partial charge in [0.2, 0.25) is 5.91 Å². The molecule has 1 N–H and O–H groups in total. The number of nitrogens with zero attached hydrogens (tertiary/aromatic N) is 1. The van der Waals surface area contributed by atoms with Gasteiger partial charge in [-0.25, -0.2) is 0 Å². The fourth-order valence-electron chi connectivity index (χ4n) is 3.63. The monoisotopic (exact) mass is 610 g/mol. The predicted octanol–water partition coefficient (Wildman–Crippen LogP) is 7.27. The summed E-state index contributed by atoms with van der Waals surface area (Å²) in [6.45, 7) is -0.498. The number of anilines is 1. The number of hydrogen-bond donors (Lipinski definition) is 1. The summed E-state index contributed by atoms with van der Waals surface area (Å²) < 4.78 is 50.0. The van der Waals surface area contributed by atoms with Crippen molar-refractivity contribution in [2.24, 2.45) is 0 Å². The smallest absolute Gasteiger partial charge is 0.416 e. The number of hydrogen-bond acceptors (Lipinski definition) is 6. The summed E-state index contributed by atoms with van der Waals surface area (Å²) in [7, 11) is 1.22. The van der Waals surface area contributed by atoms with E-state index in [0.29, 0.717) is 28.3 Å². The van der Waals surface area contributed by atoms with Crippen LogP contribution < -0.4 is 14.8 Å². The first-order valence-corrected chi connectivity index (χ1v) is 13.0. The van der Waals surface area contributed by atoms with Gasteiger partial charge in [0.15, 0.2) is 5.75 Å². The minimum atomic E-state index is -4.65. The number of imide groups is 1. The van der Waals surface area contributed by atoms with Crippen LogP contribution in [-0.4, -0.2) is 35.6 Å². The predicted molar refractivity (Wildman–Crippen MR) is 147 cm³/mol. The first-order valence-electron chi connectivity index (χ1n) is 11.4. The number of ether oxygens (including phenoxy) is 2. The second-order valence-electron chi connectivity index (χ2n) is 8.32. The summed E-state index contributed by atoms with van der Waals surface area (Å²) in [5.41, 5.74) is 0.0452. The summed E-state index contributed by atoms with van der Waals surface area (Å²) in [5, 5.41) is 1.90. The number of carbonyl (C=O) groups is 3. The van der Waals surface area contributed by atoms with Crippen molar-refractivity contribution in [2.75, 3.05) is 19.0 Å². The molecule has 40 heavy (non-hydrogen) atoms. The molecule has 1 saturated heterocycles. The van der Waals surface area contributed by atoms with E-state index in [-0.39, 0.29) is 38.7 Å². The van der Waals surface area contributed by atoms with Crippen LogP contribution in [0, 0.1) is 0 Å². The van der Waals surface area contributed by atoms with Gasteiger partial charge in [0.05, 0.1) is 33.3 Å². The van der Waals surface area contributed by atoms with Gasteiger partial charge in [-0.3, -0.25) is 19.3 Å². The Kier molecular flexibility index (Phi) is 8.97. The highest BCUT2D eigenvalue weighted by molar-refractivity contribution is 8.18. The molecule has 3 aromatic rings. The molecule has 0 atom stereocenters. The van der Waals surface area contributed by atoms with E-state index >= 15 is 0 Å². The highest BCUT2D eigenvalue weighted by Crippen LogP contribution is 2.38. The number of thioether (sulfide) groups is 1. The van der Waals surface area contributed by atoms with Gasteiger partial charge < -0.3 is 14.8 Å². The fourth-order valence-corrected chi connectivity index (χ4v) is 5.08. The molecule has 0 saturated carbocycles. The van der Waals surface area contributed by atoms with Gasteiger partial charge in [-0.05, 0) is 59.3 Å². The average molecular weight is 611 g/mol. The Morgan fingerprint density at radius 3 is 2.35 bits per heavy atom. The lowest BCUT2D eigenvalue weighted by Crippen LogP contribution is -2.36. The Bertz CT molecular complexity index is 1480. The number of rotatable bonds is 8. The van der Waals surface area contributed by atoms with Gasteiger partial charge in [-0.15, -0.1) is 0 Å². The third kappa shape index (κ3) is 6.90. The molecule has 4 rings (SSSR count). The van der Waals surface area contributed by atoms with E-state index in [2.05, 4.69) is 5.32 Å². The number of halogens is 5. The van der Waals surface area contributed by atoms with Crippen LogP contribution in [0.3, 0.4) is 0 Å². The van der Waals surface area contributed by atoms with Crippen molar-refractivity contribution in [3.05, 3.63) is 92.3 Å². The van der Waals surface area contributed by atoms with E-state index in [1.807, 2.05) is 30.3 Å². The number of methoxy groups -OCH3 is 1. The summed E-state index contributed by atoms with van der Waals surface area (Å²) >= 11 is 13.3. The van der Waals surface area contributed by atoms with E-state index in [9.17, 15) is 27.6 Å². The first kappa shape index (κ1) is 29.3. The SMILES string of the molecule is COc1ccc(C(F)(F)F)cc1NC(=O)CN1C(=O)S/C(=C\c2cc(Cl)c(OCc3ccccc3)c(Cl)c2)C1=O. The van der Waals surface area contributed by atoms with Crippen molar-refractivity contribution in [3.8, 4) is 11.5 Å². The van der Waals surface area contributed by atoms with Crippen LogP contribution >= 0.6 is 35.0 Å². The number of alkyl halides is 3. The van der Waals surface area contributed by atoms with Gasteiger partial charge in [0, 0.05) is 0 Å². The molecule has 1 aliphatic rings. The van der Waals surface area contributed by atoms with Gasteiger partial charge in [0.25, 0.3) is 11.1 Å². The van der Waals surface area contributed by atoms with Crippen molar-refractivity contribution in [1.82, 2.24) is 4.90 Å². The zero-order valence-electron chi connectivity index (χ0n) is 20.6. The van der Waals surface area contributed by atoms with E-state index < -0.39 is 35.3 Å². The molecule has 0 unspecified atom stereocenters. The molecular weight excluding hydrogens is 592 g/mol. The van der Waals surface area contributed by atoms with E-state index in [4.69, 9.17) is 32.7 Å². The maximum absolute atomic E-state index is 13.1. The van der Waals surface area contributed by atoms with Crippen LogP contribution in [0.1, 0.15) is 16.7 Å². The fraction of sp³-hybridized carbons (Fsp3) is 0.148. The Morgan fingerprint density at radius 2 is 1.73 bits per heavy atom. The minimum Gasteiger partial charge on any atom is -0.495 e. The van der Waals surface area contributed by atoms with Gasteiger partial charge >= 0.3 is 6.18 Å². The summed E-state index contributed by atoms with van der Waals surface area (Å²) in [6, 6.07) is 14.9. The molecule has 0 radical (unpaired) electrons. The van der Waals surface area contributed by atoms with Crippen LogP contribution in [0.15, 0.2) is 65.6 Å². The zero-order valence-corrected chi connectivity index (χ0v) is 22.9. The molecule has 0 aliphatic carbocycles.